The maximum absolute atomic E-state index is 13.2. The number of halogens is 1. The standard InChI is InChI=1S/C18H12FN5O/c19-13-4-1-11(2-5-13)18-17(15(10-25)22-23-18)12-3-6-16-21-8-14(7-20)24(16)9-12/h1-6,8-9,25H,10H2,(H,22,23). The van der Waals surface area contributed by atoms with Crippen LogP contribution >= 0.6 is 0 Å². The zero-order valence-corrected chi connectivity index (χ0v) is 12.9. The first-order valence-electron chi connectivity index (χ1n) is 7.53. The van der Waals surface area contributed by atoms with Gasteiger partial charge >= 0.3 is 0 Å². The minimum absolute atomic E-state index is 0.226. The maximum Gasteiger partial charge on any atom is 0.144 e. The molecule has 0 saturated carbocycles. The van der Waals surface area contributed by atoms with Crippen molar-refractivity contribution in [3.05, 3.63) is 66.0 Å². The van der Waals surface area contributed by atoms with Crippen LogP contribution in [0.3, 0.4) is 0 Å². The van der Waals surface area contributed by atoms with E-state index in [-0.39, 0.29) is 12.4 Å². The van der Waals surface area contributed by atoms with Crippen LogP contribution in [0.4, 0.5) is 4.39 Å². The van der Waals surface area contributed by atoms with Crippen molar-refractivity contribution in [1.29, 1.82) is 5.26 Å². The van der Waals surface area contributed by atoms with E-state index in [0.29, 0.717) is 28.3 Å². The number of nitriles is 1. The number of benzene rings is 1. The van der Waals surface area contributed by atoms with Crippen LogP contribution in [-0.4, -0.2) is 24.7 Å². The third-order valence-corrected chi connectivity index (χ3v) is 4.03. The van der Waals surface area contributed by atoms with Crippen molar-refractivity contribution in [2.24, 2.45) is 0 Å². The maximum atomic E-state index is 13.2. The van der Waals surface area contributed by atoms with Gasteiger partial charge in [-0.3, -0.25) is 9.50 Å². The van der Waals surface area contributed by atoms with Crippen molar-refractivity contribution in [3.63, 3.8) is 0 Å². The first kappa shape index (κ1) is 15.1. The Morgan fingerprint density at radius 1 is 1.16 bits per heavy atom. The van der Waals surface area contributed by atoms with Gasteiger partial charge in [0.05, 0.1) is 18.5 Å². The van der Waals surface area contributed by atoms with Gasteiger partial charge in [-0.1, -0.05) is 0 Å². The van der Waals surface area contributed by atoms with E-state index in [1.54, 1.807) is 28.8 Å². The molecule has 0 atom stereocenters. The van der Waals surface area contributed by atoms with Gasteiger partial charge in [0.1, 0.15) is 28.9 Å². The van der Waals surface area contributed by atoms with Gasteiger partial charge in [0.15, 0.2) is 0 Å². The fraction of sp³-hybridized carbons (Fsp3) is 0.0556. The quantitative estimate of drug-likeness (QED) is 0.603. The van der Waals surface area contributed by atoms with Crippen LogP contribution in [0.25, 0.3) is 28.0 Å². The van der Waals surface area contributed by atoms with Crippen molar-refractivity contribution < 1.29 is 9.50 Å². The van der Waals surface area contributed by atoms with E-state index in [2.05, 4.69) is 21.3 Å². The van der Waals surface area contributed by atoms with E-state index >= 15 is 0 Å². The first-order chi connectivity index (χ1) is 12.2. The minimum atomic E-state index is -0.332. The van der Waals surface area contributed by atoms with E-state index in [4.69, 9.17) is 0 Å². The molecule has 3 heterocycles. The second-order valence-corrected chi connectivity index (χ2v) is 5.49. The van der Waals surface area contributed by atoms with Gasteiger partial charge in [-0.15, -0.1) is 0 Å². The molecule has 2 N–H and O–H groups in total. The van der Waals surface area contributed by atoms with Crippen LogP contribution in [0.15, 0.2) is 48.8 Å². The predicted molar refractivity (Wildman–Crippen MR) is 88.8 cm³/mol. The molecule has 4 aromatic rings. The largest absolute Gasteiger partial charge is 0.390 e. The number of hydrogen-bond donors (Lipinski definition) is 2. The third-order valence-electron chi connectivity index (χ3n) is 4.03. The second kappa shape index (κ2) is 5.85. The van der Waals surface area contributed by atoms with Gasteiger partial charge in [0, 0.05) is 22.9 Å². The third kappa shape index (κ3) is 2.45. The highest BCUT2D eigenvalue weighted by Crippen LogP contribution is 2.33. The van der Waals surface area contributed by atoms with Crippen LogP contribution in [0.2, 0.25) is 0 Å². The van der Waals surface area contributed by atoms with Crippen LogP contribution in [0, 0.1) is 17.1 Å². The highest BCUT2D eigenvalue weighted by Gasteiger charge is 2.17. The number of nitrogens with one attached hydrogen (secondary N) is 1. The number of rotatable bonds is 3. The number of aromatic amines is 1. The summed E-state index contributed by atoms with van der Waals surface area (Å²) in [5.41, 5.74) is 4.39. The van der Waals surface area contributed by atoms with Crippen molar-refractivity contribution in [2.45, 2.75) is 6.61 Å². The zero-order chi connectivity index (χ0) is 17.4. The number of imidazole rings is 1. The Morgan fingerprint density at radius 2 is 1.92 bits per heavy atom. The van der Waals surface area contributed by atoms with Crippen molar-refractivity contribution >= 4 is 5.65 Å². The Hall–Kier alpha value is -3.50. The summed E-state index contributed by atoms with van der Waals surface area (Å²) < 4.78 is 14.9. The monoisotopic (exact) mass is 333 g/mol. The van der Waals surface area contributed by atoms with Gasteiger partial charge in [0.2, 0.25) is 0 Å². The van der Waals surface area contributed by atoms with E-state index in [0.717, 1.165) is 11.1 Å². The fourth-order valence-corrected chi connectivity index (χ4v) is 2.83. The molecule has 3 aromatic heterocycles. The Balaban J connectivity index is 1.94. The van der Waals surface area contributed by atoms with E-state index in [1.165, 1.54) is 18.3 Å². The molecule has 0 saturated heterocycles. The molecule has 0 amide bonds. The molecule has 7 heteroatoms. The second-order valence-electron chi connectivity index (χ2n) is 5.49. The Kier molecular flexibility index (Phi) is 3.52. The van der Waals surface area contributed by atoms with Crippen molar-refractivity contribution in [3.8, 4) is 28.5 Å². The number of aromatic nitrogens is 4. The molecule has 0 fully saturated rings. The molecule has 0 aliphatic carbocycles. The van der Waals surface area contributed by atoms with Gasteiger partial charge < -0.3 is 5.11 Å². The molecule has 0 radical (unpaired) electrons. The molecule has 122 valence electrons. The number of H-pyrrole nitrogens is 1. The van der Waals surface area contributed by atoms with Gasteiger partial charge in [0.25, 0.3) is 0 Å². The summed E-state index contributed by atoms with van der Waals surface area (Å²) in [7, 11) is 0. The Labute approximate surface area is 141 Å². The number of fused-ring (bicyclic) bond motifs is 1. The van der Waals surface area contributed by atoms with E-state index < -0.39 is 0 Å². The highest BCUT2D eigenvalue weighted by molar-refractivity contribution is 5.82. The first-order valence-corrected chi connectivity index (χ1v) is 7.53. The molecule has 0 aliphatic heterocycles. The number of nitrogens with zero attached hydrogens (tertiary/aromatic N) is 4. The summed E-state index contributed by atoms with van der Waals surface area (Å²) in [5, 5.41) is 26.0. The molecule has 0 bridgehead atoms. The number of pyridine rings is 1. The van der Waals surface area contributed by atoms with Crippen LogP contribution in [0.5, 0.6) is 0 Å². The molecular weight excluding hydrogens is 321 g/mol. The zero-order valence-electron chi connectivity index (χ0n) is 12.9. The van der Waals surface area contributed by atoms with E-state index in [9.17, 15) is 14.8 Å². The summed E-state index contributed by atoms with van der Waals surface area (Å²) >= 11 is 0. The molecule has 6 nitrogen and oxygen atoms in total. The normalized spacial score (nSPS) is 10.9. The summed E-state index contributed by atoms with van der Waals surface area (Å²) in [6.07, 6.45) is 3.28. The van der Waals surface area contributed by atoms with Crippen LogP contribution in [0.1, 0.15) is 11.4 Å². The lowest BCUT2D eigenvalue weighted by atomic mass is 10.0. The highest BCUT2D eigenvalue weighted by atomic mass is 19.1. The number of hydrogen-bond acceptors (Lipinski definition) is 4. The molecule has 4 rings (SSSR count). The van der Waals surface area contributed by atoms with Crippen molar-refractivity contribution in [2.75, 3.05) is 0 Å². The fourth-order valence-electron chi connectivity index (χ4n) is 2.83. The lowest BCUT2D eigenvalue weighted by molar-refractivity contribution is 0.277. The molecule has 25 heavy (non-hydrogen) atoms. The van der Waals surface area contributed by atoms with Crippen LogP contribution in [-0.2, 0) is 6.61 Å². The average Bonchev–Trinajstić information content (AvgIpc) is 3.25. The Bertz CT molecular complexity index is 1100. The molecule has 0 spiro atoms. The van der Waals surface area contributed by atoms with Gasteiger partial charge in [-0.05, 0) is 36.4 Å². The molecule has 1 aromatic carbocycles. The van der Waals surface area contributed by atoms with Crippen LogP contribution < -0.4 is 0 Å². The number of aliphatic hydroxyl groups is 1. The number of aliphatic hydroxyl groups excluding tert-OH is 1. The lowest BCUT2D eigenvalue weighted by Gasteiger charge is -2.07. The van der Waals surface area contributed by atoms with E-state index in [1.807, 2.05) is 6.07 Å². The molecule has 0 unspecified atom stereocenters. The molecular formula is C18H12FN5O. The minimum Gasteiger partial charge on any atom is -0.390 e. The van der Waals surface area contributed by atoms with Gasteiger partial charge in [-0.2, -0.15) is 10.4 Å². The summed E-state index contributed by atoms with van der Waals surface area (Å²) in [6, 6.07) is 11.7. The summed E-state index contributed by atoms with van der Waals surface area (Å²) in [6.45, 7) is -0.226. The predicted octanol–water partition coefficient (Wildman–Crippen LogP) is 2.89. The average molecular weight is 333 g/mol. The van der Waals surface area contributed by atoms with Gasteiger partial charge in [-0.25, -0.2) is 9.37 Å². The smallest absolute Gasteiger partial charge is 0.144 e. The topological polar surface area (TPSA) is 90.0 Å². The summed E-state index contributed by atoms with van der Waals surface area (Å²) in [4.78, 5) is 4.17. The van der Waals surface area contributed by atoms with Crippen molar-refractivity contribution in [1.82, 2.24) is 19.6 Å². The Morgan fingerprint density at radius 3 is 2.64 bits per heavy atom. The molecule has 0 aliphatic rings. The summed E-state index contributed by atoms with van der Waals surface area (Å²) in [5.74, 6) is -0.332. The lowest BCUT2D eigenvalue weighted by Crippen LogP contribution is -1.93. The SMILES string of the molecule is N#Cc1cnc2ccc(-c3c(-c4ccc(F)cc4)n[nH]c3CO)cn12.